The van der Waals surface area contributed by atoms with E-state index in [2.05, 4.69) is 15.2 Å². The minimum atomic E-state index is -0.910. The van der Waals surface area contributed by atoms with E-state index < -0.39 is 10.7 Å². The summed E-state index contributed by atoms with van der Waals surface area (Å²) in [5, 5.41) is 18.7. The molecular formula is C10H9N5O4S. The number of hydrogen-bond donors (Lipinski definition) is 0. The van der Waals surface area contributed by atoms with Gasteiger partial charge in [-0.3, -0.25) is 0 Å². The van der Waals surface area contributed by atoms with Gasteiger partial charge in [0.05, 0.1) is 9.98 Å². The number of nitrogens with zero attached hydrogens (tertiary/aromatic N) is 5. The van der Waals surface area contributed by atoms with E-state index in [9.17, 15) is 10.1 Å². The van der Waals surface area contributed by atoms with E-state index >= 15 is 0 Å². The monoisotopic (exact) mass is 295 g/mol. The van der Waals surface area contributed by atoms with Crippen LogP contribution in [0.25, 0.3) is 0 Å². The third kappa shape index (κ3) is 2.20. The Morgan fingerprint density at radius 2 is 2.20 bits per heavy atom. The third-order valence-electron chi connectivity index (χ3n) is 2.59. The molecule has 0 saturated heterocycles. The Bertz CT molecular complexity index is 671. The largest absolute Gasteiger partial charge is 0.451 e. The number of ether oxygens (including phenoxy) is 2. The molecule has 1 aliphatic heterocycles. The summed E-state index contributed by atoms with van der Waals surface area (Å²) in [5.74, 6) is -1.19. The summed E-state index contributed by atoms with van der Waals surface area (Å²) in [7, 11) is 0. The number of hydrogen-bond acceptors (Lipinski definition) is 8. The Balaban J connectivity index is 1.75. The minimum absolute atomic E-state index is 0.284. The highest BCUT2D eigenvalue weighted by Crippen LogP contribution is 2.34. The van der Waals surface area contributed by atoms with E-state index in [1.54, 1.807) is 13.1 Å². The van der Waals surface area contributed by atoms with E-state index in [4.69, 9.17) is 9.47 Å². The van der Waals surface area contributed by atoms with E-state index in [-0.39, 0.29) is 5.82 Å². The summed E-state index contributed by atoms with van der Waals surface area (Å²) in [5.41, 5.74) is 0. The lowest BCUT2D eigenvalue weighted by Crippen LogP contribution is -2.21. The Labute approximate surface area is 116 Å². The van der Waals surface area contributed by atoms with Crippen LogP contribution in [0, 0.1) is 10.1 Å². The van der Waals surface area contributed by atoms with Gasteiger partial charge in [-0.15, -0.1) is 16.4 Å². The lowest BCUT2D eigenvalue weighted by Gasteiger charge is -2.19. The molecule has 0 radical (unpaired) electrons. The molecule has 0 spiro atoms. The molecule has 2 aromatic rings. The maximum Gasteiger partial charge on any atom is 0.410 e. The van der Waals surface area contributed by atoms with Gasteiger partial charge in [-0.25, -0.2) is 4.98 Å². The highest BCUT2D eigenvalue weighted by atomic mass is 32.1. The van der Waals surface area contributed by atoms with Crippen LogP contribution >= 0.6 is 11.3 Å². The average molecular weight is 295 g/mol. The van der Waals surface area contributed by atoms with Gasteiger partial charge < -0.3 is 19.6 Å². The number of rotatable bonds is 4. The van der Waals surface area contributed by atoms with Gasteiger partial charge in [0.15, 0.2) is 11.2 Å². The minimum Gasteiger partial charge on any atom is -0.451 e. The fraction of sp³-hybridized carbons (Fsp3) is 0.300. The summed E-state index contributed by atoms with van der Waals surface area (Å²) >= 11 is 1.37. The summed E-state index contributed by atoms with van der Waals surface area (Å²) in [6, 6.07) is 0. The van der Waals surface area contributed by atoms with Crippen molar-refractivity contribution in [3.05, 3.63) is 44.9 Å². The first-order valence-electron chi connectivity index (χ1n) is 5.57. The summed E-state index contributed by atoms with van der Waals surface area (Å²) < 4.78 is 10.7. The first-order chi connectivity index (χ1) is 9.57. The molecular weight excluding hydrogens is 286 g/mol. The van der Waals surface area contributed by atoms with Crippen LogP contribution in [-0.4, -0.2) is 24.9 Å². The van der Waals surface area contributed by atoms with Crippen molar-refractivity contribution < 1.29 is 14.4 Å². The smallest absolute Gasteiger partial charge is 0.410 e. The van der Waals surface area contributed by atoms with Crippen molar-refractivity contribution in [1.29, 1.82) is 0 Å². The van der Waals surface area contributed by atoms with Gasteiger partial charge in [-0.1, -0.05) is 4.80 Å². The molecule has 104 valence electrons. The molecule has 0 amide bonds. The molecule has 2 aromatic heterocycles. The van der Waals surface area contributed by atoms with Crippen LogP contribution in [0.1, 0.15) is 16.8 Å². The predicted molar refractivity (Wildman–Crippen MR) is 66.6 cm³/mol. The van der Waals surface area contributed by atoms with Crippen molar-refractivity contribution in [1.82, 2.24) is 20.0 Å². The lowest BCUT2D eigenvalue weighted by molar-refractivity contribution is -0.389. The SMILES string of the molecule is CC1(c2ncc(Cn3ncc([N+](=O)[O-])n3)s2)OC=CO1. The summed E-state index contributed by atoms with van der Waals surface area (Å²) in [4.78, 5) is 16.3. The molecule has 9 nitrogen and oxygen atoms in total. The molecule has 0 fully saturated rings. The normalized spacial score (nSPS) is 15.8. The molecule has 0 N–H and O–H groups in total. The molecule has 0 atom stereocenters. The lowest BCUT2D eigenvalue weighted by atomic mass is 10.3. The Hall–Kier alpha value is -2.49. The van der Waals surface area contributed by atoms with Crippen LogP contribution in [0.5, 0.6) is 0 Å². The fourth-order valence-corrected chi connectivity index (χ4v) is 2.54. The van der Waals surface area contributed by atoms with Crippen molar-refractivity contribution in [3.8, 4) is 0 Å². The number of aromatic nitrogens is 4. The number of thiazole rings is 1. The topological polar surface area (TPSA) is 105 Å². The van der Waals surface area contributed by atoms with Gasteiger partial charge in [-0.05, 0) is 4.92 Å². The molecule has 0 aliphatic carbocycles. The highest BCUT2D eigenvalue weighted by molar-refractivity contribution is 7.11. The molecule has 0 aromatic carbocycles. The highest BCUT2D eigenvalue weighted by Gasteiger charge is 2.35. The van der Waals surface area contributed by atoms with Crippen molar-refractivity contribution in [2.45, 2.75) is 19.3 Å². The molecule has 0 bridgehead atoms. The van der Waals surface area contributed by atoms with Crippen LogP contribution in [0.15, 0.2) is 24.9 Å². The third-order valence-corrected chi connectivity index (χ3v) is 3.76. The molecule has 20 heavy (non-hydrogen) atoms. The van der Waals surface area contributed by atoms with Gasteiger partial charge >= 0.3 is 11.6 Å². The Kier molecular flexibility index (Phi) is 2.86. The van der Waals surface area contributed by atoms with Crippen LogP contribution in [0.3, 0.4) is 0 Å². The van der Waals surface area contributed by atoms with Gasteiger partial charge in [0, 0.05) is 13.1 Å². The number of nitro groups is 1. The second-order valence-electron chi connectivity index (χ2n) is 4.08. The standard InChI is InChI=1S/C10H9N5O4S/c1-10(18-2-3-19-10)9-11-4-7(20-9)6-14-12-5-8(13-14)15(16)17/h2-5H,6H2,1H3. The molecule has 3 heterocycles. The van der Waals surface area contributed by atoms with Crippen molar-refractivity contribution in [3.63, 3.8) is 0 Å². The average Bonchev–Trinajstić information content (AvgIpc) is 3.10. The quantitative estimate of drug-likeness (QED) is 0.619. The van der Waals surface area contributed by atoms with E-state index in [1.165, 1.54) is 28.7 Å². The van der Waals surface area contributed by atoms with Crippen molar-refractivity contribution in [2.24, 2.45) is 0 Å². The molecule has 1 aliphatic rings. The van der Waals surface area contributed by atoms with Crippen LogP contribution < -0.4 is 0 Å². The maximum absolute atomic E-state index is 10.5. The Morgan fingerprint density at radius 3 is 2.85 bits per heavy atom. The first-order valence-corrected chi connectivity index (χ1v) is 6.39. The van der Waals surface area contributed by atoms with Crippen LogP contribution in [-0.2, 0) is 21.8 Å². The van der Waals surface area contributed by atoms with Crippen molar-refractivity contribution in [2.75, 3.05) is 0 Å². The van der Waals surface area contributed by atoms with E-state index in [1.807, 2.05) is 0 Å². The zero-order valence-electron chi connectivity index (χ0n) is 10.3. The zero-order chi connectivity index (χ0) is 14.2. The van der Waals surface area contributed by atoms with Gasteiger partial charge in [0.25, 0.3) is 0 Å². The van der Waals surface area contributed by atoms with Crippen molar-refractivity contribution >= 4 is 17.2 Å². The molecule has 3 rings (SSSR count). The Morgan fingerprint density at radius 1 is 1.45 bits per heavy atom. The summed E-state index contributed by atoms with van der Waals surface area (Å²) in [6.07, 6.45) is 5.67. The van der Waals surface area contributed by atoms with E-state index in [0.717, 1.165) is 11.1 Å². The second-order valence-corrected chi connectivity index (χ2v) is 5.19. The fourth-order valence-electron chi connectivity index (χ4n) is 1.62. The van der Waals surface area contributed by atoms with Gasteiger partial charge in [-0.2, -0.15) is 0 Å². The maximum atomic E-state index is 10.5. The molecule has 10 heteroatoms. The summed E-state index contributed by atoms with van der Waals surface area (Å²) in [6.45, 7) is 2.06. The predicted octanol–water partition coefficient (Wildman–Crippen LogP) is 1.38. The van der Waals surface area contributed by atoms with E-state index in [0.29, 0.717) is 11.6 Å². The molecule has 0 unspecified atom stereocenters. The van der Waals surface area contributed by atoms with Gasteiger partial charge in [0.1, 0.15) is 19.1 Å². The second kappa shape index (κ2) is 4.56. The molecule has 0 saturated carbocycles. The zero-order valence-corrected chi connectivity index (χ0v) is 11.1. The van der Waals surface area contributed by atoms with Crippen LogP contribution in [0.2, 0.25) is 0 Å². The first kappa shape index (κ1) is 12.5. The van der Waals surface area contributed by atoms with Crippen LogP contribution in [0.4, 0.5) is 5.82 Å². The van der Waals surface area contributed by atoms with Gasteiger partial charge in [0.2, 0.25) is 0 Å².